The van der Waals surface area contributed by atoms with E-state index in [2.05, 4.69) is 16.0 Å². The van der Waals surface area contributed by atoms with Gasteiger partial charge < -0.3 is 46.6 Å². The van der Waals surface area contributed by atoms with E-state index >= 15 is 0 Å². The smallest absolute Gasteiger partial charge is 0.304 e. The van der Waals surface area contributed by atoms with Crippen LogP contribution >= 0.6 is 0 Å². The minimum absolute atomic E-state index is 0.00360. The normalized spacial score (nSPS) is 32.2. The number of carbonyl (C=O) groups is 2. The molecule has 1 aliphatic rings. The highest BCUT2D eigenvalue weighted by molar-refractivity contribution is 5.67. The Balaban J connectivity index is 2.86. The van der Waals surface area contributed by atoms with Gasteiger partial charge in [-0.25, -0.2) is 0 Å². The SMILES string of the molecule is CCC(O)CNC1C(O)C(NCCC(=O)O)C(O)C(NCCC(=O)O)C1O. The van der Waals surface area contributed by atoms with E-state index in [1.807, 2.05) is 0 Å². The van der Waals surface area contributed by atoms with Crippen molar-refractivity contribution < 1.29 is 40.2 Å². The minimum Gasteiger partial charge on any atom is -0.481 e. The van der Waals surface area contributed by atoms with Crippen LogP contribution in [0.5, 0.6) is 0 Å². The molecule has 9 N–H and O–H groups in total. The molecule has 1 aliphatic carbocycles. The highest BCUT2D eigenvalue weighted by Gasteiger charge is 2.48. The summed E-state index contributed by atoms with van der Waals surface area (Å²) in [5, 5.41) is 67.3. The molecule has 1 saturated carbocycles. The number of carboxylic acid groups (broad SMARTS) is 2. The summed E-state index contributed by atoms with van der Waals surface area (Å²) < 4.78 is 0. The van der Waals surface area contributed by atoms with Gasteiger partial charge in [0.1, 0.15) is 0 Å². The van der Waals surface area contributed by atoms with Crippen LogP contribution in [0.4, 0.5) is 0 Å². The largest absolute Gasteiger partial charge is 0.481 e. The van der Waals surface area contributed by atoms with Gasteiger partial charge in [0.15, 0.2) is 0 Å². The van der Waals surface area contributed by atoms with E-state index in [1.54, 1.807) is 6.92 Å². The first-order valence-electron chi connectivity index (χ1n) is 9.05. The van der Waals surface area contributed by atoms with E-state index in [1.165, 1.54) is 0 Å². The average molecular weight is 393 g/mol. The van der Waals surface area contributed by atoms with Gasteiger partial charge in [0.25, 0.3) is 0 Å². The summed E-state index contributed by atoms with van der Waals surface area (Å²) in [6.07, 6.45) is -4.46. The Morgan fingerprint density at radius 2 is 1.19 bits per heavy atom. The van der Waals surface area contributed by atoms with Crippen LogP contribution < -0.4 is 16.0 Å². The summed E-state index contributed by atoms with van der Waals surface area (Å²) in [5.74, 6) is -2.08. The van der Waals surface area contributed by atoms with Crippen LogP contribution in [-0.4, -0.2) is 105 Å². The van der Waals surface area contributed by atoms with Crippen molar-refractivity contribution in [2.75, 3.05) is 19.6 Å². The zero-order chi connectivity index (χ0) is 20.6. The summed E-state index contributed by atoms with van der Waals surface area (Å²) in [6, 6.07) is -2.82. The summed E-state index contributed by atoms with van der Waals surface area (Å²) in [5.41, 5.74) is 0. The molecule has 0 saturated heterocycles. The topological polar surface area (TPSA) is 192 Å². The van der Waals surface area contributed by atoms with Crippen molar-refractivity contribution in [1.82, 2.24) is 16.0 Å². The Kier molecular flexibility index (Phi) is 10.1. The molecule has 0 aromatic heterocycles. The maximum Gasteiger partial charge on any atom is 0.304 e. The molecular weight excluding hydrogens is 362 g/mol. The average Bonchev–Trinajstić information content (AvgIpc) is 2.59. The molecule has 5 unspecified atom stereocenters. The van der Waals surface area contributed by atoms with Gasteiger partial charge in [-0.2, -0.15) is 0 Å². The molecule has 0 aliphatic heterocycles. The molecule has 158 valence electrons. The lowest BCUT2D eigenvalue weighted by atomic mass is 9.79. The Morgan fingerprint density at radius 1 is 0.815 bits per heavy atom. The molecule has 1 rings (SSSR count). The maximum absolute atomic E-state index is 10.7. The van der Waals surface area contributed by atoms with Crippen molar-refractivity contribution in [1.29, 1.82) is 0 Å². The highest BCUT2D eigenvalue weighted by atomic mass is 16.4. The second-order valence-corrected chi connectivity index (χ2v) is 6.72. The number of aliphatic carboxylic acids is 2. The van der Waals surface area contributed by atoms with Gasteiger partial charge in [0.05, 0.1) is 55.4 Å². The Bertz CT molecular complexity index is 447. The molecule has 1 fully saturated rings. The standard InChI is InChI=1S/C16H31N3O8/c1-2-8(20)7-19-13-15(26)11(17-5-3-9(21)22)14(25)12(16(13)27)18-6-4-10(23)24/h8,11-20,25-27H,2-7H2,1H3,(H,21,22)(H,23,24). The number of aliphatic hydroxyl groups excluding tert-OH is 4. The zero-order valence-corrected chi connectivity index (χ0v) is 15.3. The lowest BCUT2D eigenvalue weighted by molar-refractivity contribution is -0.137. The first-order chi connectivity index (χ1) is 12.7. The fourth-order valence-electron chi connectivity index (χ4n) is 3.11. The molecule has 0 bridgehead atoms. The van der Waals surface area contributed by atoms with Crippen LogP contribution in [0, 0.1) is 0 Å². The predicted molar refractivity (Wildman–Crippen MR) is 94.2 cm³/mol. The second kappa shape index (κ2) is 11.5. The van der Waals surface area contributed by atoms with Crippen LogP contribution in [0.2, 0.25) is 0 Å². The molecule has 0 spiro atoms. The van der Waals surface area contributed by atoms with Gasteiger partial charge in [0, 0.05) is 19.6 Å². The molecule has 11 nitrogen and oxygen atoms in total. The number of carboxylic acids is 2. The predicted octanol–water partition coefficient (Wildman–Crippen LogP) is -3.32. The van der Waals surface area contributed by atoms with Crippen molar-refractivity contribution in [3.8, 4) is 0 Å². The Hall–Kier alpha value is -1.34. The third-order valence-electron chi connectivity index (χ3n) is 4.71. The zero-order valence-electron chi connectivity index (χ0n) is 15.3. The first-order valence-corrected chi connectivity index (χ1v) is 9.05. The van der Waals surface area contributed by atoms with Crippen molar-refractivity contribution in [2.45, 2.75) is 68.7 Å². The Labute approximate surface area is 157 Å². The van der Waals surface area contributed by atoms with Crippen LogP contribution in [0.1, 0.15) is 26.2 Å². The molecule has 0 aromatic carbocycles. The van der Waals surface area contributed by atoms with E-state index in [0.29, 0.717) is 6.42 Å². The number of hydrogen-bond acceptors (Lipinski definition) is 9. The summed E-state index contributed by atoms with van der Waals surface area (Å²) >= 11 is 0. The van der Waals surface area contributed by atoms with Gasteiger partial charge in [0.2, 0.25) is 0 Å². The molecule has 5 atom stereocenters. The van der Waals surface area contributed by atoms with Gasteiger partial charge in [-0.1, -0.05) is 6.92 Å². The molecule has 0 aromatic rings. The maximum atomic E-state index is 10.7. The molecular formula is C16H31N3O8. The van der Waals surface area contributed by atoms with E-state index in [-0.39, 0.29) is 32.5 Å². The first kappa shape index (κ1) is 23.7. The fraction of sp³-hybridized carbons (Fsp3) is 0.875. The van der Waals surface area contributed by atoms with Crippen LogP contribution in [-0.2, 0) is 9.59 Å². The number of aliphatic hydroxyl groups is 4. The van der Waals surface area contributed by atoms with Gasteiger partial charge >= 0.3 is 11.9 Å². The minimum atomic E-state index is -1.29. The van der Waals surface area contributed by atoms with Crippen LogP contribution in [0.3, 0.4) is 0 Å². The number of rotatable bonds is 12. The van der Waals surface area contributed by atoms with Gasteiger partial charge in [-0.3, -0.25) is 9.59 Å². The fourth-order valence-corrected chi connectivity index (χ4v) is 3.11. The number of nitrogens with one attached hydrogen (secondary N) is 3. The van der Waals surface area contributed by atoms with Crippen molar-refractivity contribution >= 4 is 11.9 Å². The van der Waals surface area contributed by atoms with Gasteiger partial charge in [-0.15, -0.1) is 0 Å². The summed E-state index contributed by atoms with van der Waals surface area (Å²) in [6.45, 7) is 1.87. The van der Waals surface area contributed by atoms with Crippen molar-refractivity contribution in [3.05, 3.63) is 0 Å². The Morgan fingerprint density at radius 3 is 1.52 bits per heavy atom. The lowest BCUT2D eigenvalue weighted by Crippen LogP contribution is -2.74. The molecule has 0 heterocycles. The van der Waals surface area contributed by atoms with E-state index in [0.717, 1.165) is 0 Å². The summed E-state index contributed by atoms with van der Waals surface area (Å²) in [4.78, 5) is 21.4. The molecule has 27 heavy (non-hydrogen) atoms. The lowest BCUT2D eigenvalue weighted by Gasteiger charge is -2.47. The molecule has 0 radical (unpaired) electrons. The monoisotopic (exact) mass is 393 g/mol. The quantitative estimate of drug-likeness (QED) is 0.161. The van der Waals surface area contributed by atoms with E-state index in [4.69, 9.17) is 10.2 Å². The summed E-state index contributed by atoms with van der Waals surface area (Å²) in [7, 11) is 0. The number of hydrogen-bond donors (Lipinski definition) is 9. The third-order valence-corrected chi connectivity index (χ3v) is 4.71. The van der Waals surface area contributed by atoms with E-state index < -0.39 is 54.5 Å². The van der Waals surface area contributed by atoms with Crippen molar-refractivity contribution in [3.63, 3.8) is 0 Å². The van der Waals surface area contributed by atoms with Crippen LogP contribution in [0.15, 0.2) is 0 Å². The third kappa shape index (κ3) is 7.30. The van der Waals surface area contributed by atoms with E-state index in [9.17, 15) is 30.0 Å². The van der Waals surface area contributed by atoms with Gasteiger partial charge in [-0.05, 0) is 6.42 Å². The van der Waals surface area contributed by atoms with Crippen molar-refractivity contribution in [2.24, 2.45) is 0 Å². The second-order valence-electron chi connectivity index (χ2n) is 6.72. The molecule has 0 amide bonds. The molecule has 11 heteroatoms. The highest BCUT2D eigenvalue weighted by Crippen LogP contribution is 2.22. The van der Waals surface area contributed by atoms with Crippen LogP contribution in [0.25, 0.3) is 0 Å².